The number of rotatable bonds is 6. The number of hydrogen-bond donors (Lipinski definition) is 2. The lowest BCUT2D eigenvalue weighted by atomic mass is 9.90. The van der Waals surface area contributed by atoms with Crippen molar-refractivity contribution in [3.63, 3.8) is 0 Å². The van der Waals surface area contributed by atoms with Crippen LogP contribution in [0.2, 0.25) is 0 Å². The molecular formula is C29H38N8O2. The van der Waals surface area contributed by atoms with Crippen molar-refractivity contribution in [2.75, 3.05) is 51.8 Å². The minimum Gasteiger partial charge on any atom is -0.494 e. The molecule has 1 saturated carbocycles. The zero-order valence-electron chi connectivity index (χ0n) is 23.1. The molecule has 2 fully saturated rings. The topological polar surface area (TPSA) is 124 Å². The molecule has 2 aliphatic rings. The van der Waals surface area contributed by atoms with E-state index in [1.807, 2.05) is 31.2 Å². The number of nitrogens with zero attached hydrogens (tertiary/aromatic N) is 6. The third-order valence-electron chi connectivity index (χ3n) is 8.48. The molecule has 1 aromatic carbocycles. The van der Waals surface area contributed by atoms with Crippen LogP contribution in [0.15, 0.2) is 35.0 Å². The molecule has 10 nitrogen and oxygen atoms in total. The van der Waals surface area contributed by atoms with Crippen LogP contribution in [0.3, 0.4) is 0 Å². The van der Waals surface area contributed by atoms with Crippen LogP contribution >= 0.6 is 0 Å². The molecule has 1 saturated heterocycles. The van der Waals surface area contributed by atoms with Crippen molar-refractivity contribution in [1.29, 1.82) is 0 Å². The van der Waals surface area contributed by atoms with Crippen LogP contribution in [0.5, 0.6) is 5.75 Å². The van der Waals surface area contributed by atoms with Crippen LogP contribution in [-0.2, 0) is 6.42 Å². The van der Waals surface area contributed by atoms with Gasteiger partial charge in [-0.05, 0) is 51.8 Å². The standard InChI is InChI=1S/C29H38N8O2/c1-18-4-10-22(39-18)16-19-5-11-23(25(30)27(19)38-3)26-24-28(31)32-17-33-29(24)37(34-26)21-8-6-20(7-9-21)36-14-12-35(2)13-15-36/h4-5,10-11,17,20-21H,6-9,12-16,30H2,1-3H3,(H2,31,32,33). The first kappa shape index (κ1) is 25.6. The van der Waals surface area contributed by atoms with E-state index < -0.39 is 0 Å². The molecule has 39 heavy (non-hydrogen) atoms. The number of hydrogen-bond acceptors (Lipinski definition) is 9. The SMILES string of the molecule is COc1c(Cc2ccc(C)o2)ccc(-c2nn(C3CCC(N4CCN(C)CC4)CC3)c3ncnc(N)c23)c1N. The molecule has 0 spiro atoms. The molecule has 4 aromatic rings. The molecule has 0 atom stereocenters. The van der Waals surface area contributed by atoms with Crippen molar-refractivity contribution in [3.8, 4) is 17.0 Å². The summed E-state index contributed by atoms with van der Waals surface area (Å²) in [7, 11) is 3.84. The summed E-state index contributed by atoms with van der Waals surface area (Å²) < 4.78 is 13.6. The second-order valence-corrected chi connectivity index (χ2v) is 11.0. The zero-order chi connectivity index (χ0) is 27.1. The maximum atomic E-state index is 6.73. The second-order valence-electron chi connectivity index (χ2n) is 11.0. The van der Waals surface area contributed by atoms with Crippen molar-refractivity contribution in [3.05, 3.63) is 47.7 Å². The Balaban J connectivity index is 1.31. The number of methoxy groups -OCH3 is 1. The van der Waals surface area contributed by atoms with Crippen molar-refractivity contribution in [2.45, 2.75) is 51.1 Å². The van der Waals surface area contributed by atoms with Crippen molar-refractivity contribution in [1.82, 2.24) is 29.5 Å². The van der Waals surface area contributed by atoms with E-state index in [1.165, 1.54) is 6.33 Å². The zero-order valence-corrected chi connectivity index (χ0v) is 23.1. The third-order valence-corrected chi connectivity index (χ3v) is 8.48. The van der Waals surface area contributed by atoms with Crippen LogP contribution in [-0.4, -0.2) is 75.9 Å². The van der Waals surface area contributed by atoms with Gasteiger partial charge in [0.2, 0.25) is 0 Å². The Morgan fingerprint density at radius 2 is 1.72 bits per heavy atom. The predicted molar refractivity (Wildman–Crippen MR) is 153 cm³/mol. The third kappa shape index (κ3) is 4.83. The molecule has 1 aliphatic heterocycles. The number of benzene rings is 1. The van der Waals surface area contributed by atoms with Crippen molar-refractivity contribution in [2.24, 2.45) is 0 Å². The minimum absolute atomic E-state index is 0.254. The molecule has 6 rings (SSSR count). The van der Waals surface area contributed by atoms with E-state index in [0.29, 0.717) is 35.4 Å². The Hall–Kier alpha value is -3.63. The highest BCUT2D eigenvalue weighted by molar-refractivity contribution is 6.01. The molecule has 206 valence electrons. The largest absolute Gasteiger partial charge is 0.494 e. The van der Waals surface area contributed by atoms with Gasteiger partial charge in [-0.1, -0.05) is 12.1 Å². The summed E-state index contributed by atoms with van der Waals surface area (Å²) in [5.41, 5.74) is 16.8. The first-order valence-corrected chi connectivity index (χ1v) is 13.8. The lowest BCUT2D eigenvalue weighted by Gasteiger charge is -2.41. The Kier molecular flexibility index (Phi) is 6.90. The van der Waals surface area contributed by atoms with E-state index in [9.17, 15) is 0 Å². The summed E-state index contributed by atoms with van der Waals surface area (Å²) in [5.74, 6) is 2.75. The van der Waals surface area contributed by atoms with Gasteiger partial charge in [0.1, 0.15) is 35.1 Å². The number of ether oxygens (including phenoxy) is 1. The first-order chi connectivity index (χ1) is 18.9. The highest BCUT2D eigenvalue weighted by atomic mass is 16.5. The van der Waals surface area contributed by atoms with E-state index in [2.05, 4.69) is 31.5 Å². The first-order valence-electron chi connectivity index (χ1n) is 13.8. The molecular weight excluding hydrogens is 492 g/mol. The van der Waals surface area contributed by atoms with Gasteiger partial charge in [0, 0.05) is 49.8 Å². The summed E-state index contributed by atoms with van der Waals surface area (Å²) >= 11 is 0. The predicted octanol–water partition coefficient (Wildman–Crippen LogP) is 3.89. The monoisotopic (exact) mass is 530 g/mol. The number of anilines is 2. The number of aryl methyl sites for hydroxylation is 1. The summed E-state index contributed by atoms with van der Waals surface area (Å²) in [6.45, 7) is 6.54. The molecule has 4 N–H and O–H groups in total. The summed E-state index contributed by atoms with van der Waals surface area (Å²) in [5, 5.41) is 5.84. The molecule has 1 aliphatic carbocycles. The summed E-state index contributed by atoms with van der Waals surface area (Å²) in [6.07, 6.45) is 6.52. The van der Waals surface area contributed by atoms with Gasteiger partial charge < -0.3 is 25.5 Å². The number of piperazine rings is 1. The Labute approximate surface area is 228 Å². The fourth-order valence-corrected chi connectivity index (χ4v) is 6.29. The van der Waals surface area contributed by atoms with Crippen molar-refractivity contribution >= 4 is 22.5 Å². The molecule has 0 amide bonds. The van der Waals surface area contributed by atoms with Gasteiger partial charge >= 0.3 is 0 Å². The van der Waals surface area contributed by atoms with Gasteiger partial charge in [-0.15, -0.1) is 0 Å². The highest BCUT2D eigenvalue weighted by Crippen LogP contribution is 2.42. The van der Waals surface area contributed by atoms with Crippen LogP contribution in [0.1, 0.15) is 48.8 Å². The smallest absolute Gasteiger partial charge is 0.164 e. The number of nitrogens with two attached hydrogens (primary N) is 2. The Bertz CT molecular complexity index is 1460. The molecule has 0 unspecified atom stereocenters. The number of nitrogen functional groups attached to an aromatic ring is 2. The normalized spacial score (nSPS) is 21.0. The molecule has 3 aromatic heterocycles. The van der Waals surface area contributed by atoms with E-state index in [0.717, 1.165) is 85.5 Å². The van der Waals surface area contributed by atoms with Crippen molar-refractivity contribution < 1.29 is 9.15 Å². The maximum absolute atomic E-state index is 6.73. The van der Waals surface area contributed by atoms with Gasteiger partial charge in [-0.25, -0.2) is 14.6 Å². The van der Waals surface area contributed by atoms with E-state index >= 15 is 0 Å². The molecule has 10 heteroatoms. The van der Waals surface area contributed by atoms with Crippen LogP contribution < -0.4 is 16.2 Å². The summed E-state index contributed by atoms with van der Waals surface area (Å²) in [4.78, 5) is 14.0. The number of likely N-dealkylation sites (N-methyl/N-ethyl adjacent to an activating group) is 1. The van der Waals surface area contributed by atoms with E-state index in [-0.39, 0.29) is 6.04 Å². The molecule has 0 bridgehead atoms. The number of aromatic nitrogens is 4. The summed E-state index contributed by atoms with van der Waals surface area (Å²) in [6, 6.07) is 8.84. The Morgan fingerprint density at radius 1 is 0.974 bits per heavy atom. The number of furan rings is 1. The fourth-order valence-electron chi connectivity index (χ4n) is 6.29. The van der Waals surface area contributed by atoms with E-state index in [1.54, 1.807) is 7.11 Å². The average molecular weight is 531 g/mol. The average Bonchev–Trinajstić information content (AvgIpc) is 3.53. The van der Waals surface area contributed by atoms with Gasteiger partial charge in [-0.2, -0.15) is 5.10 Å². The number of fused-ring (bicyclic) bond motifs is 1. The van der Waals surface area contributed by atoms with Crippen LogP contribution in [0.25, 0.3) is 22.3 Å². The Morgan fingerprint density at radius 3 is 2.41 bits per heavy atom. The van der Waals surface area contributed by atoms with Gasteiger partial charge in [0.25, 0.3) is 0 Å². The van der Waals surface area contributed by atoms with Gasteiger partial charge in [0.15, 0.2) is 5.65 Å². The van der Waals surface area contributed by atoms with E-state index in [4.69, 9.17) is 25.7 Å². The quantitative estimate of drug-likeness (QED) is 0.357. The fraction of sp³-hybridized carbons (Fsp3) is 0.483. The second kappa shape index (κ2) is 10.5. The van der Waals surface area contributed by atoms with Crippen LogP contribution in [0.4, 0.5) is 11.5 Å². The lowest BCUT2D eigenvalue weighted by Crippen LogP contribution is -2.49. The lowest BCUT2D eigenvalue weighted by molar-refractivity contribution is 0.0815. The van der Waals surface area contributed by atoms with Crippen LogP contribution in [0, 0.1) is 6.92 Å². The minimum atomic E-state index is 0.254. The van der Waals surface area contributed by atoms with Gasteiger partial charge in [0.05, 0.1) is 24.2 Å². The van der Waals surface area contributed by atoms with Gasteiger partial charge in [-0.3, -0.25) is 4.90 Å². The highest BCUT2D eigenvalue weighted by Gasteiger charge is 2.31. The molecule has 0 radical (unpaired) electrons. The maximum Gasteiger partial charge on any atom is 0.164 e. The molecule has 4 heterocycles.